The van der Waals surface area contributed by atoms with Crippen LogP contribution < -0.4 is 10.1 Å². The molecule has 20 heavy (non-hydrogen) atoms. The van der Waals surface area contributed by atoms with Gasteiger partial charge in [0.2, 0.25) is 0 Å². The molecule has 0 spiro atoms. The number of hydrogen-bond donors (Lipinski definition) is 1. The van der Waals surface area contributed by atoms with Gasteiger partial charge in [-0.2, -0.15) is 0 Å². The molecule has 1 aromatic heterocycles. The summed E-state index contributed by atoms with van der Waals surface area (Å²) in [7, 11) is 1.70. The zero-order valence-corrected chi connectivity index (χ0v) is 12.9. The Morgan fingerprint density at radius 1 is 1.50 bits per heavy atom. The van der Waals surface area contributed by atoms with E-state index in [4.69, 9.17) is 4.74 Å². The number of anilines is 1. The van der Waals surface area contributed by atoms with Gasteiger partial charge >= 0.3 is 0 Å². The Balaban J connectivity index is 1.74. The Morgan fingerprint density at radius 3 is 3.20 bits per heavy atom. The van der Waals surface area contributed by atoms with E-state index in [2.05, 4.69) is 28.2 Å². The van der Waals surface area contributed by atoms with Gasteiger partial charge in [0.25, 0.3) is 0 Å². The van der Waals surface area contributed by atoms with Crippen LogP contribution in [0.1, 0.15) is 19.8 Å². The smallest absolute Gasteiger partial charge is 0.184 e. The third-order valence-electron chi connectivity index (χ3n) is 3.88. The third-order valence-corrected chi connectivity index (χ3v) is 4.83. The van der Waals surface area contributed by atoms with Gasteiger partial charge in [-0.3, -0.25) is 0 Å². The third kappa shape index (κ3) is 2.88. The molecule has 1 saturated heterocycles. The second-order valence-corrected chi connectivity index (χ2v) is 6.26. The lowest BCUT2D eigenvalue weighted by molar-refractivity contribution is 0.227. The van der Waals surface area contributed by atoms with Gasteiger partial charge in [0.1, 0.15) is 5.75 Å². The van der Waals surface area contributed by atoms with Crippen LogP contribution in [0.3, 0.4) is 0 Å². The molecule has 4 nitrogen and oxygen atoms in total. The van der Waals surface area contributed by atoms with Crippen molar-refractivity contribution in [3.05, 3.63) is 18.2 Å². The van der Waals surface area contributed by atoms with Crippen molar-refractivity contribution in [1.29, 1.82) is 0 Å². The van der Waals surface area contributed by atoms with Crippen LogP contribution in [0.5, 0.6) is 5.75 Å². The fourth-order valence-corrected chi connectivity index (χ4v) is 3.70. The molecular formula is C15H21N3OS. The summed E-state index contributed by atoms with van der Waals surface area (Å²) in [5.74, 6) is 0.891. The normalized spacial score (nSPS) is 20.2. The molecule has 1 unspecified atom stereocenters. The highest BCUT2D eigenvalue weighted by Crippen LogP contribution is 2.30. The monoisotopic (exact) mass is 291 g/mol. The van der Waals surface area contributed by atoms with Crippen LogP contribution in [0.15, 0.2) is 18.2 Å². The molecule has 1 N–H and O–H groups in total. The molecular weight excluding hydrogens is 270 g/mol. The van der Waals surface area contributed by atoms with Crippen molar-refractivity contribution in [2.75, 3.05) is 32.1 Å². The summed E-state index contributed by atoms with van der Waals surface area (Å²) in [5, 5.41) is 4.62. The number of hydrogen-bond acceptors (Lipinski definition) is 5. The molecule has 1 aliphatic heterocycles. The van der Waals surface area contributed by atoms with Crippen LogP contribution in [0.4, 0.5) is 5.13 Å². The quantitative estimate of drug-likeness (QED) is 0.938. The number of rotatable bonds is 4. The number of benzene rings is 1. The first-order valence-electron chi connectivity index (χ1n) is 7.22. The van der Waals surface area contributed by atoms with Crippen molar-refractivity contribution in [3.8, 4) is 5.75 Å². The lowest BCUT2D eigenvalue weighted by Crippen LogP contribution is -2.41. The van der Waals surface area contributed by atoms with Gasteiger partial charge in [-0.25, -0.2) is 4.98 Å². The maximum atomic E-state index is 5.26. The molecule has 0 amide bonds. The summed E-state index contributed by atoms with van der Waals surface area (Å²) in [6.07, 6.45) is 2.50. The number of nitrogens with zero attached hydrogens (tertiary/aromatic N) is 2. The van der Waals surface area contributed by atoms with E-state index < -0.39 is 0 Å². The number of nitrogens with one attached hydrogen (secondary N) is 1. The average molecular weight is 291 g/mol. The minimum atomic E-state index is 0.520. The Hall–Kier alpha value is -1.33. The van der Waals surface area contributed by atoms with E-state index in [0.29, 0.717) is 6.04 Å². The van der Waals surface area contributed by atoms with Crippen LogP contribution in [-0.4, -0.2) is 42.7 Å². The first-order chi connectivity index (χ1) is 9.78. The van der Waals surface area contributed by atoms with E-state index in [9.17, 15) is 0 Å². The number of likely N-dealkylation sites (N-methyl/N-ethyl adjacent to an activating group) is 1. The SMILES string of the molecule is CCN1CCCC(Nc2nc3ccc(OC)cc3s2)C1. The van der Waals surface area contributed by atoms with Crippen molar-refractivity contribution < 1.29 is 4.74 Å². The number of likely N-dealkylation sites (tertiary alicyclic amines) is 1. The number of fused-ring (bicyclic) bond motifs is 1. The van der Waals surface area contributed by atoms with Crippen molar-refractivity contribution >= 4 is 26.7 Å². The van der Waals surface area contributed by atoms with Gasteiger partial charge in [0.15, 0.2) is 5.13 Å². The fourth-order valence-electron chi connectivity index (χ4n) is 2.73. The Labute approximate surface area is 123 Å². The maximum absolute atomic E-state index is 5.26. The first-order valence-corrected chi connectivity index (χ1v) is 8.03. The van der Waals surface area contributed by atoms with Crippen molar-refractivity contribution in [3.63, 3.8) is 0 Å². The van der Waals surface area contributed by atoms with Crippen molar-refractivity contribution in [2.24, 2.45) is 0 Å². The van der Waals surface area contributed by atoms with Gasteiger partial charge < -0.3 is 15.0 Å². The summed E-state index contributed by atoms with van der Waals surface area (Å²) in [5.41, 5.74) is 1.04. The molecule has 1 aliphatic rings. The molecule has 1 atom stereocenters. The molecule has 108 valence electrons. The lowest BCUT2D eigenvalue weighted by atomic mass is 10.1. The predicted octanol–water partition coefficient (Wildman–Crippen LogP) is 3.20. The molecule has 0 aliphatic carbocycles. The topological polar surface area (TPSA) is 37.4 Å². The fraction of sp³-hybridized carbons (Fsp3) is 0.533. The van der Waals surface area contributed by atoms with Gasteiger partial charge in [-0.1, -0.05) is 18.3 Å². The lowest BCUT2D eigenvalue weighted by Gasteiger charge is -2.32. The number of aromatic nitrogens is 1. The maximum Gasteiger partial charge on any atom is 0.184 e. The predicted molar refractivity (Wildman–Crippen MR) is 84.9 cm³/mol. The van der Waals surface area contributed by atoms with E-state index in [1.807, 2.05) is 12.1 Å². The summed E-state index contributed by atoms with van der Waals surface area (Å²) in [6, 6.07) is 6.56. The molecule has 0 saturated carbocycles. The minimum absolute atomic E-state index is 0.520. The largest absolute Gasteiger partial charge is 0.497 e. The summed E-state index contributed by atoms with van der Waals surface area (Å²) in [6.45, 7) is 5.71. The van der Waals surface area contributed by atoms with Crippen LogP contribution in [0, 0.1) is 0 Å². The summed E-state index contributed by atoms with van der Waals surface area (Å²) < 4.78 is 6.44. The Kier molecular flexibility index (Phi) is 4.08. The molecule has 2 aromatic rings. The van der Waals surface area contributed by atoms with Crippen LogP contribution in [-0.2, 0) is 0 Å². The molecule has 2 heterocycles. The van der Waals surface area contributed by atoms with Crippen LogP contribution >= 0.6 is 11.3 Å². The zero-order valence-electron chi connectivity index (χ0n) is 12.1. The van der Waals surface area contributed by atoms with E-state index in [1.54, 1.807) is 18.4 Å². The molecule has 0 radical (unpaired) electrons. The second-order valence-electron chi connectivity index (χ2n) is 5.23. The molecule has 5 heteroatoms. The van der Waals surface area contributed by atoms with Crippen LogP contribution in [0.25, 0.3) is 10.2 Å². The second kappa shape index (κ2) is 5.97. The standard InChI is InChI=1S/C15H21N3OS/c1-3-18-8-4-5-11(10-18)16-15-17-13-7-6-12(19-2)9-14(13)20-15/h6-7,9,11H,3-5,8,10H2,1-2H3,(H,16,17). The highest BCUT2D eigenvalue weighted by atomic mass is 32.1. The molecule has 1 aromatic carbocycles. The first kappa shape index (κ1) is 13.6. The van der Waals surface area contributed by atoms with E-state index in [-0.39, 0.29) is 0 Å². The highest BCUT2D eigenvalue weighted by Gasteiger charge is 2.19. The van der Waals surface area contributed by atoms with Crippen molar-refractivity contribution in [2.45, 2.75) is 25.8 Å². The van der Waals surface area contributed by atoms with Gasteiger partial charge in [0.05, 0.1) is 17.3 Å². The van der Waals surface area contributed by atoms with E-state index in [1.165, 1.54) is 24.1 Å². The zero-order chi connectivity index (χ0) is 13.9. The molecule has 3 rings (SSSR count). The van der Waals surface area contributed by atoms with Gasteiger partial charge in [0, 0.05) is 12.6 Å². The Morgan fingerprint density at radius 2 is 2.40 bits per heavy atom. The van der Waals surface area contributed by atoms with Gasteiger partial charge in [-0.15, -0.1) is 0 Å². The number of thiazole rings is 1. The van der Waals surface area contributed by atoms with Gasteiger partial charge in [-0.05, 0) is 44.1 Å². The van der Waals surface area contributed by atoms with Crippen molar-refractivity contribution in [1.82, 2.24) is 9.88 Å². The number of methoxy groups -OCH3 is 1. The highest BCUT2D eigenvalue weighted by molar-refractivity contribution is 7.22. The summed E-state index contributed by atoms with van der Waals surface area (Å²) >= 11 is 1.71. The molecule has 1 fully saturated rings. The summed E-state index contributed by atoms with van der Waals surface area (Å²) in [4.78, 5) is 7.16. The van der Waals surface area contributed by atoms with E-state index >= 15 is 0 Å². The van der Waals surface area contributed by atoms with E-state index in [0.717, 1.165) is 29.5 Å². The minimum Gasteiger partial charge on any atom is -0.497 e. The Bertz CT molecular complexity index is 584. The average Bonchev–Trinajstić information content (AvgIpc) is 2.88. The molecule has 0 bridgehead atoms. The number of piperidine rings is 1. The van der Waals surface area contributed by atoms with Crippen LogP contribution in [0.2, 0.25) is 0 Å². The number of ether oxygens (including phenoxy) is 1.